The Kier molecular flexibility index (Phi) is 3.60. The second kappa shape index (κ2) is 4.74. The summed E-state index contributed by atoms with van der Waals surface area (Å²) in [6.07, 6.45) is 2.15. The van der Waals surface area contributed by atoms with E-state index >= 15 is 0 Å². The summed E-state index contributed by atoms with van der Waals surface area (Å²) >= 11 is 1.62. The summed E-state index contributed by atoms with van der Waals surface area (Å²) in [5.74, 6) is 0. The van der Waals surface area contributed by atoms with Gasteiger partial charge in [-0.3, -0.25) is 4.57 Å². The van der Waals surface area contributed by atoms with Crippen LogP contribution in [-0.4, -0.2) is 26.1 Å². The van der Waals surface area contributed by atoms with Crippen LogP contribution in [0.25, 0.3) is 0 Å². The molecule has 0 amide bonds. The van der Waals surface area contributed by atoms with Crippen LogP contribution in [0, 0.1) is 5.41 Å². The van der Waals surface area contributed by atoms with E-state index in [4.69, 9.17) is 5.73 Å². The maximum atomic E-state index is 11.7. The van der Waals surface area contributed by atoms with Crippen LogP contribution in [0.2, 0.25) is 0 Å². The lowest BCUT2D eigenvalue weighted by molar-refractivity contribution is 0.362. The van der Waals surface area contributed by atoms with E-state index in [0.717, 1.165) is 18.0 Å². The van der Waals surface area contributed by atoms with Crippen molar-refractivity contribution in [2.75, 3.05) is 0 Å². The van der Waals surface area contributed by atoms with Crippen LogP contribution in [0.1, 0.15) is 46.6 Å². The molecule has 1 aromatic rings. The first kappa shape index (κ1) is 13.7. The smallest absolute Gasteiger partial charge is 0.327 e. The van der Waals surface area contributed by atoms with Crippen LogP contribution >= 0.6 is 11.8 Å². The molecule has 0 aliphatic heterocycles. The van der Waals surface area contributed by atoms with Crippen LogP contribution in [0.4, 0.5) is 0 Å². The molecule has 0 bridgehead atoms. The van der Waals surface area contributed by atoms with Gasteiger partial charge >= 0.3 is 5.69 Å². The van der Waals surface area contributed by atoms with E-state index in [2.05, 4.69) is 31.0 Å². The van der Waals surface area contributed by atoms with E-state index in [1.165, 1.54) is 0 Å². The summed E-state index contributed by atoms with van der Waals surface area (Å²) in [7, 11) is 0. The Labute approximate surface area is 112 Å². The van der Waals surface area contributed by atoms with Gasteiger partial charge in [-0.25, -0.2) is 9.89 Å². The lowest BCUT2D eigenvalue weighted by Gasteiger charge is -2.32. The topological polar surface area (TPSA) is 76.7 Å². The number of thioether (sulfide) groups is 1. The molecule has 1 heterocycles. The SMILES string of the molecule is CC(N)C(Sc1n[nH]c(=O)n1C1CC1)C(C)(C)C. The molecule has 1 aromatic heterocycles. The van der Waals surface area contributed by atoms with Gasteiger partial charge in [-0.1, -0.05) is 32.5 Å². The molecule has 102 valence electrons. The molecule has 2 rings (SSSR count). The van der Waals surface area contributed by atoms with E-state index in [0.29, 0.717) is 6.04 Å². The van der Waals surface area contributed by atoms with Crippen LogP contribution in [-0.2, 0) is 0 Å². The minimum absolute atomic E-state index is 0.0504. The largest absolute Gasteiger partial charge is 0.344 e. The second-order valence-corrected chi connectivity index (χ2v) is 7.28. The van der Waals surface area contributed by atoms with Crippen molar-refractivity contribution in [3.63, 3.8) is 0 Å². The summed E-state index contributed by atoms with van der Waals surface area (Å²) < 4.78 is 1.78. The maximum absolute atomic E-state index is 11.7. The van der Waals surface area contributed by atoms with E-state index in [9.17, 15) is 4.79 Å². The van der Waals surface area contributed by atoms with E-state index in [1.54, 1.807) is 16.3 Å². The summed E-state index contributed by atoms with van der Waals surface area (Å²) in [6.45, 7) is 8.51. The second-order valence-electron chi connectivity index (χ2n) is 6.18. The molecule has 18 heavy (non-hydrogen) atoms. The highest BCUT2D eigenvalue weighted by molar-refractivity contribution is 7.99. The first-order chi connectivity index (χ1) is 8.30. The van der Waals surface area contributed by atoms with Crippen LogP contribution in [0.3, 0.4) is 0 Å². The molecule has 1 fully saturated rings. The van der Waals surface area contributed by atoms with Gasteiger partial charge in [0.05, 0.1) is 0 Å². The van der Waals surface area contributed by atoms with Gasteiger partial charge in [0, 0.05) is 17.3 Å². The lowest BCUT2D eigenvalue weighted by atomic mass is 9.88. The molecule has 0 saturated heterocycles. The van der Waals surface area contributed by atoms with Crippen molar-refractivity contribution in [2.45, 2.75) is 63.0 Å². The fourth-order valence-corrected chi connectivity index (χ4v) is 3.45. The Morgan fingerprint density at radius 2 is 2.11 bits per heavy atom. The molecule has 2 unspecified atom stereocenters. The zero-order valence-corrected chi connectivity index (χ0v) is 12.3. The van der Waals surface area contributed by atoms with Gasteiger partial charge in [0.1, 0.15) is 0 Å². The molecule has 1 aliphatic rings. The third-order valence-electron chi connectivity index (χ3n) is 3.15. The molecule has 3 N–H and O–H groups in total. The molecule has 5 nitrogen and oxygen atoms in total. The molecular weight excluding hydrogens is 248 g/mol. The number of nitrogens with zero attached hydrogens (tertiary/aromatic N) is 2. The number of aromatic amines is 1. The van der Waals surface area contributed by atoms with Crippen molar-refractivity contribution < 1.29 is 0 Å². The number of H-pyrrole nitrogens is 1. The van der Waals surface area contributed by atoms with Crippen molar-refractivity contribution in [3.8, 4) is 0 Å². The number of nitrogens with one attached hydrogen (secondary N) is 1. The minimum Gasteiger partial charge on any atom is -0.327 e. The van der Waals surface area contributed by atoms with Crippen LogP contribution < -0.4 is 11.4 Å². The molecule has 0 radical (unpaired) electrons. The molecule has 6 heteroatoms. The van der Waals surface area contributed by atoms with Crippen molar-refractivity contribution in [1.29, 1.82) is 0 Å². The van der Waals surface area contributed by atoms with Gasteiger partial charge in [0.25, 0.3) is 0 Å². The molecule has 1 saturated carbocycles. The van der Waals surface area contributed by atoms with E-state index in [1.807, 2.05) is 6.92 Å². The van der Waals surface area contributed by atoms with Gasteiger partial charge in [0.15, 0.2) is 5.16 Å². The average molecular weight is 270 g/mol. The Balaban J connectivity index is 2.24. The third-order valence-corrected chi connectivity index (χ3v) is 5.04. The van der Waals surface area contributed by atoms with E-state index in [-0.39, 0.29) is 22.4 Å². The van der Waals surface area contributed by atoms with Crippen molar-refractivity contribution in [3.05, 3.63) is 10.5 Å². The Bertz CT molecular complexity index is 467. The third kappa shape index (κ3) is 2.80. The highest BCUT2D eigenvalue weighted by Crippen LogP contribution is 2.40. The van der Waals surface area contributed by atoms with Crippen molar-refractivity contribution >= 4 is 11.8 Å². The predicted octanol–water partition coefficient (Wildman–Crippen LogP) is 1.76. The van der Waals surface area contributed by atoms with Gasteiger partial charge in [-0.2, -0.15) is 0 Å². The molecule has 0 spiro atoms. The van der Waals surface area contributed by atoms with Crippen molar-refractivity contribution in [1.82, 2.24) is 14.8 Å². The van der Waals surface area contributed by atoms with Crippen molar-refractivity contribution in [2.24, 2.45) is 11.1 Å². The zero-order chi connectivity index (χ0) is 13.5. The number of rotatable bonds is 4. The maximum Gasteiger partial charge on any atom is 0.344 e. The van der Waals surface area contributed by atoms with Gasteiger partial charge in [-0.05, 0) is 25.2 Å². The van der Waals surface area contributed by atoms with E-state index < -0.39 is 0 Å². The fourth-order valence-electron chi connectivity index (χ4n) is 2.21. The van der Waals surface area contributed by atoms with Gasteiger partial charge in [0.2, 0.25) is 0 Å². The lowest BCUT2D eigenvalue weighted by Crippen LogP contribution is -2.39. The van der Waals surface area contributed by atoms with Gasteiger partial charge in [-0.15, -0.1) is 5.10 Å². The highest BCUT2D eigenvalue weighted by Gasteiger charge is 2.34. The standard InChI is InChI=1S/C12H22N4OS/c1-7(13)9(12(2,3)4)18-11-15-14-10(17)16(11)8-5-6-8/h7-9H,5-6,13H2,1-4H3,(H,14,17). The average Bonchev–Trinajstić information content (AvgIpc) is 2.98. The highest BCUT2D eigenvalue weighted by atomic mass is 32.2. The number of nitrogens with two attached hydrogens (primary N) is 1. The minimum atomic E-state index is -0.0997. The summed E-state index contributed by atoms with van der Waals surface area (Å²) in [5, 5.41) is 7.70. The quantitative estimate of drug-likeness (QED) is 0.817. The summed E-state index contributed by atoms with van der Waals surface area (Å²) in [4.78, 5) is 11.7. The van der Waals surface area contributed by atoms with Gasteiger partial charge < -0.3 is 5.73 Å². The fraction of sp³-hybridized carbons (Fsp3) is 0.833. The molecule has 0 aromatic carbocycles. The predicted molar refractivity (Wildman–Crippen MR) is 73.9 cm³/mol. The normalized spacial score (nSPS) is 19.8. The molecule has 2 atom stereocenters. The Morgan fingerprint density at radius 3 is 2.56 bits per heavy atom. The number of hydrogen-bond acceptors (Lipinski definition) is 4. The van der Waals surface area contributed by atoms with Crippen LogP contribution in [0.5, 0.6) is 0 Å². The molecular formula is C12H22N4OS. The Hall–Kier alpha value is -0.750. The summed E-state index contributed by atoms with van der Waals surface area (Å²) in [5.41, 5.74) is 6.04. The molecule has 1 aliphatic carbocycles. The van der Waals surface area contributed by atoms with Crippen LogP contribution in [0.15, 0.2) is 9.95 Å². The Morgan fingerprint density at radius 1 is 1.50 bits per heavy atom. The zero-order valence-electron chi connectivity index (χ0n) is 11.4. The number of aromatic nitrogens is 3. The first-order valence-electron chi connectivity index (χ1n) is 6.40. The monoisotopic (exact) mass is 270 g/mol. The summed E-state index contributed by atoms with van der Waals surface area (Å²) in [6, 6.07) is 0.391. The first-order valence-corrected chi connectivity index (χ1v) is 7.28. The number of hydrogen-bond donors (Lipinski definition) is 2.